The first kappa shape index (κ1) is 17.2. The minimum atomic E-state index is -3.56. The van der Waals surface area contributed by atoms with E-state index in [0.717, 1.165) is 9.87 Å². The third kappa shape index (κ3) is 3.97. The second-order valence-electron chi connectivity index (χ2n) is 5.42. The van der Waals surface area contributed by atoms with Crippen LogP contribution in [0.25, 0.3) is 0 Å². The van der Waals surface area contributed by atoms with Crippen LogP contribution in [0.2, 0.25) is 0 Å². The van der Waals surface area contributed by atoms with E-state index in [1.54, 1.807) is 12.1 Å². The van der Waals surface area contributed by atoms with Gasteiger partial charge in [0.15, 0.2) is 0 Å². The van der Waals surface area contributed by atoms with Gasteiger partial charge in [-0.15, -0.1) is 0 Å². The average molecular weight is 332 g/mol. The topological polar surface area (TPSA) is 66.5 Å². The van der Waals surface area contributed by atoms with Crippen molar-refractivity contribution in [3.05, 3.63) is 65.7 Å². The quantitative estimate of drug-likeness (QED) is 0.914. The Bertz CT molecular complexity index is 786. The molecule has 5 nitrogen and oxygen atoms in total. The summed E-state index contributed by atoms with van der Waals surface area (Å²) in [4.78, 5) is 12.5. The molecule has 0 aliphatic heterocycles. The van der Waals surface area contributed by atoms with Crippen molar-refractivity contribution < 1.29 is 13.2 Å². The third-order valence-electron chi connectivity index (χ3n) is 3.52. The van der Waals surface area contributed by atoms with Crippen LogP contribution in [0.15, 0.2) is 59.5 Å². The van der Waals surface area contributed by atoms with E-state index in [9.17, 15) is 13.2 Å². The standard InChI is InChI=1S/C17H20N2O3S/c1-13(14-8-5-4-6-9-14)18-17(20)15-10-7-11-16(12-15)23(21,22)19(2)3/h4-13H,1-3H3,(H,18,20)/t13-/m1/s1. The molecule has 0 unspecified atom stereocenters. The molecule has 2 aromatic rings. The fourth-order valence-corrected chi connectivity index (χ4v) is 3.06. The van der Waals surface area contributed by atoms with Gasteiger partial charge in [0.2, 0.25) is 10.0 Å². The first-order valence-corrected chi connectivity index (χ1v) is 8.65. The monoisotopic (exact) mass is 332 g/mol. The van der Waals surface area contributed by atoms with Gasteiger partial charge in [-0.25, -0.2) is 12.7 Å². The largest absolute Gasteiger partial charge is 0.346 e. The smallest absolute Gasteiger partial charge is 0.251 e. The van der Waals surface area contributed by atoms with E-state index in [2.05, 4.69) is 5.32 Å². The Morgan fingerprint density at radius 3 is 2.30 bits per heavy atom. The molecule has 0 bridgehead atoms. The molecule has 0 radical (unpaired) electrons. The number of carbonyl (C=O) groups is 1. The van der Waals surface area contributed by atoms with E-state index in [1.807, 2.05) is 37.3 Å². The van der Waals surface area contributed by atoms with E-state index < -0.39 is 10.0 Å². The van der Waals surface area contributed by atoms with Crippen molar-refractivity contribution in [1.29, 1.82) is 0 Å². The summed E-state index contributed by atoms with van der Waals surface area (Å²) in [6, 6.07) is 15.4. The van der Waals surface area contributed by atoms with Gasteiger partial charge in [0.1, 0.15) is 0 Å². The van der Waals surface area contributed by atoms with Crippen LogP contribution in [0.3, 0.4) is 0 Å². The second-order valence-corrected chi connectivity index (χ2v) is 7.57. The SMILES string of the molecule is C[C@@H](NC(=O)c1cccc(S(=O)(=O)N(C)C)c1)c1ccccc1. The maximum atomic E-state index is 12.4. The zero-order valence-corrected chi connectivity index (χ0v) is 14.2. The minimum absolute atomic E-state index is 0.0996. The number of hydrogen-bond acceptors (Lipinski definition) is 3. The number of amides is 1. The van der Waals surface area contributed by atoms with Crippen LogP contribution in [0.5, 0.6) is 0 Å². The summed E-state index contributed by atoms with van der Waals surface area (Å²) in [6.07, 6.45) is 0. The lowest BCUT2D eigenvalue weighted by atomic mass is 10.1. The van der Waals surface area contributed by atoms with Crippen molar-refractivity contribution >= 4 is 15.9 Å². The molecule has 1 N–H and O–H groups in total. The maximum absolute atomic E-state index is 12.4. The highest BCUT2D eigenvalue weighted by atomic mass is 32.2. The number of hydrogen-bond donors (Lipinski definition) is 1. The van der Waals surface area contributed by atoms with Gasteiger partial charge in [0.05, 0.1) is 10.9 Å². The molecule has 0 fully saturated rings. The Labute approximate surface area is 137 Å². The van der Waals surface area contributed by atoms with E-state index in [4.69, 9.17) is 0 Å². The van der Waals surface area contributed by atoms with Gasteiger partial charge in [0.25, 0.3) is 5.91 Å². The van der Waals surface area contributed by atoms with Crippen LogP contribution in [-0.4, -0.2) is 32.7 Å². The minimum Gasteiger partial charge on any atom is -0.346 e. The van der Waals surface area contributed by atoms with Crippen molar-refractivity contribution in [2.45, 2.75) is 17.9 Å². The van der Waals surface area contributed by atoms with Gasteiger partial charge in [-0.1, -0.05) is 36.4 Å². The molecule has 0 saturated heterocycles. The van der Waals surface area contributed by atoms with Crippen LogP contribution >= 0.6 is 0 Å². The molecule has 0 aliphatic rings. The second kappa shape index (κ2) is 6.93. The number of carbonyl (C=O) groups excluding carboxylic acids is 1. The molecule has 122 valence electrons. The summed E-state index contributed by atoms with van der Waals surface area (Å²) in [7, 11) is -0.644. The van der Waals surface area contributed by atoms with Crippen molar-refractivity contribution in [2.75, 3.05) is 14.1 Å². The lowest BCUT2D eigenvalue weighted by Gasteiger charge is -2.15. The van der Waals surface area contributed by atoms with Gasteiger partial charge in [-0.05, 0) is 30.7 Å². The van der Waals surface area contributed by atoms with Gasteiger partial charge >= 0.3 is 0 Å². The molecule has 2 aromatic carbocycles. The summed E-state index contributed by atoms with van der Waals surface area (Å²) in [5.41, 5.74) is 1.30. The van der Waals surface area contributed by atoms with Crippen LogP contribution in [0.1, 0.15) is 28.9 Å². The van der Waals surface area contributed by atoms with Gasteiger partial charge < -0.3 is 5.32 Å². The summed E-state index contributed by atoms with van der Waals surface area (Å²) in [6.45, 7) is 1.88. The van der Waals surface area contributed by atoms with E-state index >= 15 is 0 Å². The first-order valence-electron chi connectivity index (χ1n) is 7.21. The molecule has 1 amide bonds. The fourth-order valence-electron chi connectivity index (χ4n) is 2.11. The van der Waals surface area contributed by atoms with E-state index in [1.165, 1.54) is 26.2 Å². The molecule has 6 heteroatoms. The molecule has 2 rings (SSSR count). The van der Waals surface area contributed by atoms with Crippen molar-refractivity contribution in [1.82, 2.24) is 9.62 Å². The lowest BCUT2D eigenvalue weighted by Crippen LogP contribution is -2.27. The first-order chi connectivity index (χ1) is 10.8. The molecule has 23 heavy (non-hydrogen) atoms. The predicted octanol–water partition coefficient (Wildman–Crippen LogP) is 2.43. The van der Waals surface area contributed by atoms with Crippen LogP contribution in [-0.2, 0) is 10.0 Å². The average Bonchev–Trinajstić information content (AvgIpc) is 2.55. The summed E-state index contributed by atoms with van der Waals surface area (Å²) < 4.78 is 25.4. The molecule has 0 heterocycles. The predicted molar refractivity (Wildman–Crippen MR) is 89.6 cm³/mol. The Morgan fingerprint density at radius 1 is 1.04 bits per heavy atom. The third-order valence-corrected chi connectivity index (χ3v) is 5.33. The Balaban J connectivity index is 2.21. The maximum Gasteiger partial charge on any atom is 0.251 e. The van der Waals surface area contributed by atoms with E-state index in [0.29, 0.717) is 5.56 Å². The number of benzene rings is 2. The number of rotatable bonds is 5. The van der Waals surface area contributed by atoms with Crippen molar-refractivity contribution in [3.8, 4) is 0 Å². The summed E-state index contributed by atoms with van der Waals surface area (Å²) in [5, 5.41) is 2.87. The molecular weight excluding hydrogens is 312 g/mol. The highest BCUT2D eigenvalue weighted by molar-refractivity contribution is 7.89. The number of nitrogens with one attached hydrogen (secondary N) is 1. The van der Waals surface area contributed by atoms with Crippen LogP contribution in [0, 0.1) is 0 Å². The molecule has 1 atom stereocenters. The van der Waals surface area contributed by atoms with Crippen LogP contribution < -0.4 is 5.32 Å². The zero-order valence-electron chi connectivity index (χ0n) is 13.4. The molecule has 0 spiro atoms. The molecule has 0 aliphatic carbocycles. The Hall–Kier alpha value is -2.18. The lowest BCUT2D eigenvalue weighted by molar-refractivity contribution is 0.0939. The van der Waals surface area contributed by atoms with Gasteiger partial charge in [-0.2, -0.15) is 0 Å². The Morgan fingerprint density at radius 2 is 1.70 bits per heavy atom. The van der Waals surface area contributed by atoms with Gasteiger partial charge in [-0.3, -0.25) is 4.79 Å². The van der Waals surface area contributed by atoms with E-state index in [-0.39, 0.29) is 16.8 Å². The number of sulfonamides is 1. The van der Waals surface area contributed by atoms with Gasteiger partial charge in [0, 0.05) is 19.7 Å². The van der Waals surface area contributed by atoms with Crippen LogP contribution in [0.4, 0.5) is 0 Å². The fraction of sp³-hybridized carbons (Fsp3) is 0.235. The molecular formula is C17H20N2O3S. The number of nitrogens with zero attached hydrogens (tertiary/aromatic N) is 1. The van der Waals surface area contributed by atoms with Crippen molar-refractivity contribution in [2.24, 2.45) is 0 Å². The summed E-state index contributed by atoms with van der Waals surface area (Å²) >= 11 is 0. The zero-order chi connectivity index (χ0) is 17.0. The normalized spacial score (nSPS) is 12.9. The molecule has 0 aromatic heterocycles. The summed E-state index contributed by atoms with van der Waals surface area (Å²) in [5.74, 6) is -0.308. The van der Waals surface area contributed by atoms with Crippen molar-refractivity contribution in [3.63, 3.8) is 0 Å². The Kier molecular flexibility index (Phi) is 5.18. The highest BCUT2D eigenvalue weighted by Crippen LogP contribution is 2.16. The highest BCUT2D eigenvalue weighted by Gasteiger charge is 2.19. The molecule has 0 saturated carbocycles.